The average Bonchev–Trinajstić information content (AvgIpc) is 2.75. The third kappa shape index (κ3) is 4.05. The van der Waals surface area contributed by atoms with Crippen LogP contribution < -0.4 is 5.73 Å². The van der Waals surface area contributed by atoms with Gasteiger partial charge in [0, 0.05) is 10.9 Å². The highest BCUT2D eigenvalue weighted by atomic mass is 79.9. The van der Waals surface area contributed by atoms with Gasteiger partial charge in [-0.2, -0.15) is 0 Å². The van der Waals surface area contributed by atoms with Gasteiger partial charge in [0.1, 0.15) is 0 Å². The average molecular weight is 344 g/mol. The lowest BCUT2D eigenvalue weighted by molar-refractivity contribution is 0.232. The molecular weight excluding hydrogens is 318 g/mol. The molecule has 0 bridgehead atoms. The summed E-state index contributed by atoms with van der Waals surface area (Å²) in [5, 5.41) is 0. The van der Waals surface area contributed by atoms with Crippen molar-refractivity contribution in [3.05, 3.63) is 20.3 Å². The standard InChI is InChI=1S/C16H26BrNS/c1-3-4-5-12-6-8-13(9-7-12)16(18)14-10-15(17)19-11(14)2/h10,12-13,16H,3-9,18H2,1-2H3. The quantitative estimate of drug-likeness (QED) is 0.716. The zero-order chi connectivity index (χ0) is 13.8. The number of unbranched alkanes of at least 4 members (excludes halogenated alkanes) is 1. The zero-order valence-electron chi connectivity index (χ0n) is 12.1. The topological polar surface area (TPSA) is 26.0 Å². The Balaban J connectivity index is 1.89. The normalized spacial score (nSPS) is 25.5. The van der Waals surface area contributed by atoms with Crippen LogP contribution in [0.5, 0.6) is 0 Å². The Morgan fingerprint density at radius 2 is 2.05 bits per heavy atom. The van der Waals surface area contributed by atoms with Gasteiger partial charge in [-0.25, -0.2) is 0 Å². The van der Waals surface area contributed by atoms with Gasteiger partial charge in [-0.15, -0.1) is 11.3 Å². The van der Waals surface area contributed by atoms with E-state index in [1.807, 2.05) is 11.3 Å². The van der Waals surface area contributed by atoms with Crippen LogP contribution in [0, 0.1) is 18.8 Å². The molecule has 3 heteroatoms. The minimum Gasteiger partial charge on any atom is -0.324 e. The van der Waals surface area contributed by atoms with Crippen LogP contribution in [0.25, 0.3) is 0 Å². The summed E-state index contributed by atoms with van der Waals surface area (Å²) in [7, 11) is 0. The molecule has 0 spiro atoms. The molecule has 0 saturated heterocycles. The molecule has 1 fully saturated rings. The third-order valence-electron chi connectivity index (χ3n) is 4.65. The Morgan fingerprint density at radius 1 is 1.37 bits per heavy atom. The molecule has 1 saturated carbocycles. The van der Waals surface area contributed by atoms with E-state index >= 15 is 0 Å². The highest BCUT2D eigenvalue weighted by molar-refractivity contribution is 9.11. The van der Waals surface area contributed by atoms with Crippen molar-refractivity contribution in [2.45, 2.75) is 64.8 Å². The van der Waals surface area contributed by atoms with Crippen molar-refractivity contribution < 1.29 is 0 Å². The molecule has 2 rings (SSSR count). The molecule has 1 heterocycles. The first-order chi connectivity index (χ1) is 9.11. The van der Waals surface area contributed by atoms with Gasteiger partial charge in [-0.1, -0.05) is 39.0 Å². The van der Waals surface area contributed by atoms with Crippen LogP contribution in [0.4, 0.5) is 0 Å². The summed E-state index contributed by atoms with van der Waals surface area (Å²) in [5.74, 6) is 1.66. The van der Waals surface area contributed by atoms with Crippen molar-refractivity contribution in [2.75, 3.05) is 0 Å². The van der Waals surface area contributed by atoms with Gasteiger partial charge < -0.3 is 5.73 Å². The van der Waals surface area contributed by atoms with Crippen LogP contribution in [-0.4, -0.2) is 0 Å². The predicted molar refractivity (Wildman–Crippen MR) is 88.7 cm³/mol. The van der Waals surface area contributed by atoms with E-state index in [2.05, 4.69) is 35.8 Å². The Morgan fingerprint density at radius 3 is 2.58 bits per heavy atom. The summed E-state index contributed by atoms with van der Waals surface area (Å²) >= 11 is 5.39. The Hall–Kier alpha value is 0.140. The molecule has 1 aliphatic carbocycles. The maximum absolute atomic E-state index is 6.52. The summed E-state index contributed by atoms with van der Waals surface area (Å²) in [6, 6.07) is 2.48. The largest absolute Gasteiger partial charge is 0.324 e. The van der Waals surface area contributed by atoms with Gasteiger partial charge in [0.2, 0.25) is 0 Å². The van der Waals surface area contributed by atoms with E-state index in [0.717, 1.165) is 5.92 Å². The van der Waals surface area contributed by atoms with Crippen LogP contribution in [0.2, 0.25) is 0 Å². The first-order valence-electron chi connectivity index (χ1n) is 7.63. The van der Waals surface area contributed by atoms with Gasteiger partial charge >= 0.3 is 0 Å². The fraction of sp³-hybridized carbons (Fsp3) is 0.750. The minimum absolute atomic E-state index is 0.245. The Bertz CT molecular complexity index is 393. The first kappa shape index (κ1) is 15.5. The molecule has 19 heavy (non-hydrogen) atoms. The van der Waals surface area contributed by atoms with E-state index in [1.54, 1.807) is 0 Å². The lowest BCUT2D eigenvalue weighted by Gasteiger charge is -2.32. The highest BCUT2D eigenvalue weighted by Crippen LogP contribution is 2.40. The maximum Gasteiger partial charge on any atom is 0.0704 e. The van der Waals surface area contributed by atoms with Crippen LogP contribution in [0.1, 0.15) is 68.4 Å². The van der Waals surface area contributed by atoms with E-state index in [1.165, 1.54) is 59.2 Å². The second kappa shape index (κ2) is 7.24. The van der Waals surface area contributed by atoms with Gasteiger partial charge in [-0.3, -0.25) is 0 Å². The molecule has 0 amide bonds. The molecule has 1 nitrogen and oxygen atoms in total. The summed E-state index contributed by atoms with van der Waals surface area (Å²) in [4.78, 5) is 1.38. The number of rotatable bonds is 5. The summed E-state index contributed by atoms with van der Waals surface area (Å²) in [6.45, 7) is 4.48. The third-order valence-corrected chi connectivity index (χ3v) is 6.22. The molecule has 0 aliphatic heterocycles. The SMILES string of the molecule is CCCCC1CCC(C(N)c2cc(Br)sc2C)CC1. The van der Waals surface area contributed by atoms with Crippen molar-refractivity contribution in [1.82, 2.24) is 0 Å². The molecule has 0 radical (unpaired) electrons. The van der Waals surface area contributed by atoms with E-state index in [0.29, 0.717) is 5.92 Å². The molecule has 1 unspecified atom stereocenters. The number of hydrogen-bond donors (Lipinski definition) is 1. The molecule has 1 aromatic heterocycles. The van der Waals surface area contributed by atoms with Crippen molar-refractivity contribution in [3.8, 4) is 0 Å². The number of nitrogens with two attached hydrogens (primary N) is 1. The molecule has 1 aromatic rings. The number of hydrogen-bond acceptors (Lipinski definition) is 2. The Labute approximate surface area is 130 Å². The van der Waals surface area contributed by atoms with Crippen LogP contribution >= 0.6 is 27.3 Å². The fourth-order valence-corrected chi connectivity index (χ4v) is 5.14. The second-order valence-corrected chi connectivity index (χ2v) is 8.65. The van der Waals surface area contributed by atoms with E-state index in [4.69, 9.17) is 5.73 Å². The zero-order valence-corrected chi connectivity index (χ0v) is 14.5. The number of thiophene rings is 1. The minimum atomic E-state index is 0.245. The maximum atomic E-state index is 6.52. The number of aryl methyl sites for hydroxylation is 1. The highest BCUT2D eigenvalue weighted by Gasteiger charge is 2.27. The molecular formula is C16H26BrNS. The van der Waals surface area contributed by atoms with Crippen molar-refractivity contribution in [3.63, 3.8) is 0 Å². The van der Waals surface area contributed by atoms with Gasteiger partial charge in [0.05, 0.1) is 3.79 Å². The van der Waals surface area contributed by atoms with Crippen molar-refractivity contribution in [2.24, 2.45) is 17.6 Å². The van der Waals surface area contributed by atoms with Crippen molar-refractivity contribution >= 4 is 27.3 Å². The van der Waals surface area contributed by atoms with Gasteiger partial charge in [0.25, 0.3) is 0 Å². The molecule has 2 N–H and O–H groups in total. The van der Waals surface area contributed by atoms with Crippen molar-refractivity contribution in [1.29, 1.82) is 0 Å². The van der Waals surface area contributed by atoms with E-state index in [9.17, 15) is 0 Å². The second-order valence-electron chi connectivity index (χ2n) is 6.01. The summed E-state index contributed by atoms with van der Waals surface area (Å²) in [5.41, 5.74) is 7.88. The number of halogens is 1. The predicted octanol–water partition coefficient (Wildman–Crippen LogP) is 5.82. The Kier molecular flexibility index (Phi) is 5.91. The van der Waals surface area contributed by atoms with Gasteiger partial charge in [-0.05, 0) is 59.2 Å². The molecule has 108 valence electrons. The van der Waals surface area contributed by atoms with Crippen LogP contribution in [0.15, 0.2) is 9.85 Å². The van der Waals surface area contributed by atoms with Crippen LogP contribution in [-0.2, 0) is 0 Å². The molecule has 1 aliphatic rings. The van der Waals surface area contributed by atoms with Crippen LogP contribution in [0.3, 0.4) is 0 Å². The van der Waals surface area contributed by atoms with E-state index < -0.39 is 0 Å². The first-order valence-corrected chi connectivity index (χ1v) is 9.24. The lowest BCUT2D eigenvalue weighted by atomic mass is 9.75. The van der Waals surface area contributed by atoms with E-state index in [-0.39, 0.29) is 6.04 Å². The monoisotopic (exact) mass is 343 g/mol. The molecule has 0 aromatic carbocycles. The molecule has 1 atom stereocenters. The fourth-order valence-electron chi connectivity index (χ4n) is 3.37. The van der Waals surface area contributed by atoms with Gasteiger partial charge in [0.15, 0.2) is 0 Å². The smallest absolute Gasteiger partial charge is 0.0704 e. The summed E-state index contributed by atoms with van der Waals surface area (Å²) in [6.07, 6.45) is 9.59. The lowest BCUT2D eigenvalue weighted by Crippen LogP contribution is -2.26. The summed E-state index contributed by atoms with van der Waals surface area (Å²) < 4.78 is 1.21.